The summed E-state index contributed by atoms with van der Waals surface area (Å²) in [6, 6.07) is 14.1. The Morgan fingerprint density at radius 2 is 1.84 bits per heavy atom. The molecule has 5 nitrogen and oxygen atoms in total. The summed E-state index contributed by atoms with van der Waals surface area (Å²) in [6.45, 7) is 0.337. The smallest absolute Gasteiger partial charge is 0.290 e. The van der Waals surface area contributed by atoms with Crippen LogP contribution in [0.5, 0.6) is 0 Å². The first-order valence-corrected chi connectivity index (χ1v) is 8.59. The molecular weight excluding hydrogens is 360 g/mol. The van der Waals surface area contributed by atoms with Crippen molar-refractivity contribution in [1.82, 2.24) is 10.6 Å². The minimum absolute atomic E-state index is 0.220. The van der Waals surface area contributed by atoms with E-state index in [1.807, 2.05) is 18.2 Å². The fourth-order valence-electron chi connectivity index (χ4n) is 2.22. The molecule has 126 valence electrons. The van der Waals surface area contributed by atoms with E-state index in [9.17, 15) is 14.4 Å². The highest BCUT2D eigenvalue weighted by Crippen LogP contribution is 2.25. The largest absolute Gasteiger partial charge is 0.348 e. The SMILES string of the molecule is O=C1NC(=O)/C(=C\c2ccc(C(=O)NCc3ccccc3Cl)cc2)S1. The van der Waals surface area contributed by atoms with E-state index in [0.29, 0.717) is 22.0 Å². The number of carbonyl (C=O) groups excluding carboxylic acids is 3. The van der Waals surface area contributed by atoms with Gasteiger partial charge in [-0.25, -0.2) is 0 Å². The molecule has 3 rings (SSSR count). The average molecular weight is 373 g/mol. The number of thioether (sulfide) groups is 1. The summed E-state index contributed by atoms with van der Waals surface area (Å²) >= 11 is 6.92. The van der Waals surface area contributed by atoms with Crippen LogP contribution >= 0.6 is 23.4 Å². The third kappa shape index (κ3) is 4.29. The average Bonchev–Trinajstić information content (AvgIpc) is 2.92. The molecule has 0 radical (unpaired) electrons. The Morgan fingerprint density at radius 3 is 2.48 bits per heavy atom. The van der Waals surface area contributed by atoms with E-state index < -0.39 is 5.91 Å². The Balaban J connectivity index is 1.65. The molecule has 0 spiro atoms. The molecule has 3 amide bonds. The van der Waals surface area contributed by atoms with E-state index in [1.54, 1.807) is 36.4 Å². The number of hydrogen-bond acceptors (Lipinski definition) is 4. The number of imide groups is 1. The topological polar surface area (TPSA) is 75.3 Å². The zero-order chi connectivity index (χ0) is 17.8. The zero-order valence-electron chi connectivity index (χ0n) is 12.9. The van der Waals surface area contributed by atoms with Gasteiger partial charge < -0.3 is 5.32 Å². The van der Waals surface area contributed by atoms with Gasteiger partial charge in [-0.2, -0.15) is 0 Å². The van der Waals surface area contributed by atoms with Crippen LogP contribution in [0.15, 0.2) is 53.4 Å². The summed E-state index contributed by atoms with van der Waals surface area (Å²) in [4.78, 5) is 35.2. The molecular formula is C18H13ClN2O3S. The van der Waals surface area contributed by atoms with Gasteiger partial charge in [0, 0.05) is 17.1 Å². The van der Waals surface area contributed by atoms with Gasteiger partial charge in [-0.15, -0.1) is 0 Å². The van der Waals surface area contributed by atoms with Crippen molar-refractivity contribution in [2.24, 2.45) is 0 Å². The highest BCUT2D eigenvalue weighted by Gasteiger charge is 2.24. The molecule has 2 aromatic carbocycles. The maximum atomic E-state index is 12.2. The summed E-state index contributed by atoms with van der Waals surface area (Å²) < 4.78 is 0. The third-order valence-corrected chi connectivity index (χ3v) is 4.69. The van der Waals surface area contributed by atoms with Gasteiger partial charge in [0.05, 0.1) is 4.91 Å². The predicted octanol–water partition coefficient (Wildman–Crippen LogP) is 3.59. The van der Waals surface area contributed by atoms with Crippen molar-refractivity contribution >= 4 is 46.5 Å². The first kappa shape index (κ1) is 17.3. The van der Waals surface area contributed by atoms with Crippen LogP contribution in [0.1, 0.15) is 21.5 Å². The molecule has 0 atom stereocenters. The van der Waals surface area contributed by atoms with Crippen molar-refractivity contribution in [3.63, 3.8) is 0 Å². The van der Waals surface area contributed by atoms with Crippen LogP contribution in [0.4, 0.5) is 4.79 Å². The first-order valence-electron chi connectivity index (χ1n) is 7.39. The number of carbonyl (C=O) groups is 3. The summed E-state index contributed by atoms with van der Waals surface area (Å²) in [6.07, 6.45) is 1.61. The molecule has 1 aliphatic heterocycles. The van der Waals surface area contributed by atoms with E-state index >= 15 is 0 Å². The lowest BCUT2D eigenvalue weighted by Crippen LogP contribution is -2.22. The Hall–Kier alpha value is -2.57. The van der Waals surface area contributed by atoms with Crippen molar-refractivity contribution < 1.29 is 14.4 Å². The molecule has 2 N–H and O–H groups in total. The number of hydrogen-bond donors (Lipinski definition) is 2. The molecule has 1 heterocycles. The van der Waals surface area contributed by atoms with Crippen LogP contribution in [-0.4, -0.2) is 17.1 Å². The second-order valence-corrected chi connectivity index (χ2v) is 6.67. The van der Waals surface area contributed by atoms with Crippen LogP contribution in [0.25, 0.3) is 6.08 Å². The fourth-order valence-corrected chi connectivity index (χ4v) is 3.11. The summed E-state index contributed by atoms with van der Waals surface area (Å²) in [5.41, 5.74) is 2.07. The monoisotopic (exact) mass is 372 g/mol. The number of benzene rings is 2. The number of nitrogens with one attached hydrogen (secondary N) is 2. The van der Waals surface area contributed by atoms with Gasteiger partial charge in [0.1, 0.15) is 0 Å². The normalized spacial score (nSPS) is 15.3. The summed E-state index contributed by atoms with van der Waals surface area (Å²) in [5.74, 6) is -0.626. The number of amides is 3. The molecule has 1 saturated heterocycles. The maximum Gasteiger partial charge on any atom is 0.290 e. The molecule has 0 unspecified atom stereocenters. The van der Waals surface area contributed by atoms with Gasteiger partial charge >= 0.3 is 0 Å². The summed E-state index contributed by atoms with van der Waals surface area (Å²) in [7, 11) is 0. The zero-order valence-corrected chi connectivity index (χ0v) is 14.5. The van der Waals surface area contributed by atoms with Crippen LogP contribution in [0, 0.1) is 0 Å². The van der Waals surface area contributed by atoms with Crippen molar-refractivity contribution in [2.45, 2.75) is 6.54 Å². The van der Waals surface area contributed by atoms with Crippen molar-refractivity contribution in [1.29, 1.82) is 0 Å². The van der Waals surface area contributed by atoms with E-state index in [-0.39, 0.29) is 11.1 Å². The Kier molecular flexibility index (Phi) is 5.21. The molecule has 0 bridgehead atoms. The molecule has 0 aliphatic carbocycles. The highest BCUT2D eigenvalue weighted by molar-refractivity contribution is 8.18. The second-order valence-electron chi connectivity index (χ2n) is 5.25. The van der Waals surface area contributed by atoms with E-state index in [0.717, 1.165) is 22.9 Å². The van der Waals surface area contributed by atoms with Gasteiger partial charge in [-0.05, 0) is 47.2 Å². The van der Waals surface area contributed by atoms with E-state index in [2.05, 4.69) is 10.6 Å². The molecule has 2 aromatic rings. The van der Waals surface area contributed by atoms with Gasteiger partial charge in [0.15, 0.2) is 0 Å². The van der Waals surface area contributed by atoms with Crippen LogP contribution in [0.2, 0.25) is 5.02 Å². The van der Waals surface area contributed by atoms with E-state index in [4.69, 9.17) is 11.6 Å². The van der Waals surface area contributed by atoms with Gasteiger partial charge in [-0.1, -0.05) is 41.9 Å². The predicted molar refractivity (Wildman–Crippen MR) is 98.2 cm³/mol. The minimum atomic E-state index is -0.406. The number of rotatable bonds is 4. The quantitative estimate of drug-likeness (QED) is 0.804. The van der Waals surface area contributed by atoms with Crippen molar-refractivity contribution in [3.05, 3.63) is 75.1 Å². The fraction of sp³-hybridized carbons (Fsp3) is 0.0556. The molecule has 1 aliphatic rings. The van der Waals surface area contributed by atoms with Gasteiger partial charge in [0.2, 0.25) is 0 Å². The first-order chi connectivity index (χ1) is 12.0. The number of halogens is 1. The lowest BCUT2D eigenvalue weighted by Gasteiger charge is -2.07. The lowest BCUT2D eigenvalue weighted by molar-refractivity contribution is -0.115. The second kappa shape index (κ2) is 7.55. The standard InChI is InChI=1S/C18H13ClN2O3S/c19-14-4-2-1-3-13(14)10-20-16(22)12-7-5-11(6-8-12)9-15-17(23)21-18(24)25-15/h1-9H,10H2,(H,20,22)(H,21,23,24)/b15-9+. The van der Waals surface area contributed by atoms with Crippen molar-refractivity contribution in [3.8, 4) is 0 Å². The van der Waals surface area contributed by atoms with Crippen LogP contribution in [0.3, 0.4) is 0 Å². The minimum Gasteiger partial charge on any atom is -0.348 e. The Morgan fingerprint density at radius 1 is 1.12 bits per heavy atom. The third-order valence-electron chi connectivity index (χ3n) is 3.51. The lowest BCUT2D eigenvalue weighted by atomic mass is 10.1. The van der Waals surface area contributed by atoms with Crippen LogP contribution < -0.4 is 10.6 Å². The Labute approximate surface area is 153 Å². The maximum absolute atomic E-state index is 12.2. The molecule has 25 heavy (non-hydrogen) atoms. The molecule has 0 saturated carbocycles. The van der Waals surface area contributed by atoms with Gasteiger partial charge in [0.25, 0.3) is 17.1 Å². The summed E-state index contributed by atoms with van der Waals surface area (Å²) in [5, 5.41) is 5.23. The molecule has 7 heteroatoms. The van der Waals surface area contributed by atoms with Crippen LogP contribution in [-0.2, 0) is 11.3 Å². The Bertz CT molecular complexity index is 878. The van der Waals surface area contributed by atoms with Crippen molar-refractivity contribution in [2.75, 3.05) is 0 Å². The van der Waals surface area contributed by atoms with E-state index in [1.165, 1.54) is 0 Å². The highest BCUT2D eigenvalue weighted by atomic mass is 35.5. The van der Waals surface area contributed by atoms with Gasteiger partial charge in [-0.3, -0.25) is 19.7 Å². The molecule has 1 fully saturated rings. The molecule has 0 aromatic heterocycles.